The lowest BCUT2D eigenvalue weighted by Crippen LogP contribution is -2.45. The van der Waals surface area contributed by atoms with Crippen molar-refractivity contribution in [2.75, 3.05) is 18.9 Å². The van der Waals surface area contributed by atoms with Gasteiger partial charge in [0, 0.05) is 19.3 Å². The fourth-order valence-electron chi connectivity index (χ4n) is 2.93. The third-order valence-corrected chi connectivity index (χ3v) is 4.89. The average Bonchev–Trinajstić information content (AvgIpc) is 2.64. The van der Waals surface area contributed by atoms with Crippen molar-refractivity contribution >= 4 is 35.0 Å². The maximum Gasteiger partial charge on any atom is 0.322 e. The Hall–Kier alpha value is -2.93. The van der Waals surface area contributed by atoms with Gasteiger partial charge in [-0.25, -0.2) is 9.18 Å². The molecule has 140 valence electrons. The fraction of sp³-hybridized carbons (Fsp3) is 0.211. The van der Waals surface area contributed by atoms with Gasteiger partial charge in [-0.1, -0.05) is 17.7 Å². The minimum absolute atomic E-state index is 0.0878. The number of allylic oxidation sites excluding steroid dienone is 3. The zero-order valence-electron chi connectivity index (χ0n) is 14.7. The highest BCUT2D eigenvalue weighted by Gasteiger charge is 2.30. The summed E-state index contributed by atoms with van der Waals surface area (Å²) >= 11 is 5.73. The van der Waals surface area contributed by atoms with E-state index >= 15 is 0 Å². The van der Waals surface area contributed by atoms with E-state index in [4.69, 9.17) is 11.6 Å². The molecule has 0 radical (unpaired) electrons. The van der Waals surface area contributed by atoms with E-state index in [1.54, 1.807) is 13.1 Å². The van der Waals surface area contributed by atoms with Gasteiger partial charge in [-0.2, -0.15) is 0 Å². The molecule has 0 fully saturated rings. The van der Waals surface area contributed by atoms with E-state index in [0.717, 1.165) is 5.57 Å². The molecule has 1 atom stereocenters. The molecule has 1 aromatic carbocycles. The normalized spacial score (nSPS) is 17.1. The molecule has 27 heavy (non-hydrogen) atoms. The number of nitrogens with one attached hydrogen (secondary N) is 2. The van der Waals surface area contributed by atoms with Gasteiger partial charge in [0.1, 0.15) is 5.82 Å². The molecular weight excluding hydrogens is 373 g/mol. The highest BCUT2D eigenvalue weighted by Crippen LogP contribution is 2.28. The molecular formula is C19H17ClFN3O3. The summed E-state index contributed by atoms with van der Waals surface area (Å²) < 4.78 is 13.3. The third kappa shape index (κ3) is 3.78. The number of likely N-dealkylation sites (N-methyl/N-ethyl adjacent to an activating group) is 1. The standard InChI is InChI=1S/C19H17ClFN3O3/c1-10(15-9-22-18(26)14-8-12(25)4-5-13(14)15)24(2)19(27)23-11-3-6-17(21)16(20)7-11/h3-8,10H,9H2,1-2H3,(H,22,26)(H,23,27)/t10-/m0/s1. The average molecular weight is 390 g/mol. The van der Waals surface area contributed by atoms with Crippen LogP contribution in [0.25, 0.3) is 0 Å². The van der Waals surface area contributed by atoms with Crippen LogP contribution in [0, 0.1) is 5.82 Å². The SMILES string of the molecule is C[C@@H](C1=C2C=CC(=O)C=C2C(=O)NC1)N(C)C(=O)Nc1ccc(F)c(Cl)c1. The van der Waals surface area contributed by atoms with Gasteiger partial charge in [0.15, 0.2) is 5.78 Å². The lowest BCUT2D eigenvalue weighted by Gasteiger charge is -2.32. The van der Waals surface area contributed by atoms with Crippen molar-refractivity contribution in [2.45, 2.75) is 13.0 Å². The Balaban J connectivity index is 1.82. The van der Waals surface area contributed by atoms with Crippen molar-refractivity contribution in [3.8, 4) is 0 Å². The number of hydrogen-bond acceptors (Lipinski definition) is 3. The molecule has 1 aromatic rings. The first-order valence-corrected chi connectivity index (χ1v) is 8.60. The quantitative estimate of drug-likeness (QED) is 0.834. The zero-order valence-corrected chi connectivity index (χ0v) is 15.4. The van der Waals surface area contributed by atoms with Crippen molar-refractivity contribution in [3.05, 3.63) is 64.0 Å². The Labute approximate surface area is 160 Å². The van der Waals surface area contributed by atoms with E-state index in [1.165, 1.54) is 35.3 Å². The molecule has 1 heterocycles. The van der Waals surface area contributed by atoms with Crippen LogP contribution in [0.1, 0.15) is 6.92 Å². The van der Waals surface area contributed by atoms with Gasteiger partial charge in [-0.05, 0) is 48.4 Å². The number of nitrogens with zero attached hydrogens (tertiary/aromatic N) is 1. The molecule has 0 spiro atoms. The summed E-state index contributed by atoms with van der Waals surface area (Å²) in [4.78, 5) is 37.6. The minimum Gasteiger partial charge on any atom is -0.348 e. The van der Waals surface area contributed by atoms with Gasteiger partial charge >= 0.3 is 6.03 Å². The first-order chi connectivity index (χ1) is 12.8. The van der Waals surface area contributed by atoms with Crippen LogP contribution < -0.4 is 10.6 Å². The molecule has 8 heteroatoms. The van der Waals surface area contributed by atoms with E-state index < -0.39 is 11.8 Å². The summed E-state index contributed by atoms with van der Waals surface area (Å²) in [6.45, 7) is 2.09. The van der Waals surface area contributed by atoms with Crippen LogP contribution in [0.2, 0.25) is 5.02 Å². The summed E-state index contributed by atoms with van der Waals surface area (Å²) in [6.07, 6.45) is 4.29. The van der Waals surface area contributed by atoms with E-state index in [2.05, 4.69) is 10.6 Å². The molecule has 0 saturated carbocycles. The number of hydrogen-bond donors (Lipinski definition) is 2. The maximum atomic E-state index is 13.3. The number of halogens is 2. The topological polar surface area (TPSA) is 78.5 Å². The first kappa shape index (κ1) is 18.8. The monoisotopic (exact) mass is 389 g/mol. The molecule has 2 N–H and O–H groups in total. The van der Waals surface area contributed by atoms with Gasteiger partial charge in [-0.3, -0.25) is 9.59 Å². The van der Waals surface area contributed by atoms with Crippen molar-refractivity contribution in [1.82, 2.24) is 10.2 Å². The third-order valence-electron chi connectivity index (χ3n) is 4.60. The highest BCUT2D eigenvalue weighted by atomic mass is 35.5. The summed E-state index contributed by atoms with van der Waals surface area (Å²) in [6, 6.07) is 3.13. The largest absolute Gasteiger partial charge is 0.348 e. The van der Waals surface area contributed by atoms with Crippen LogP contribution in [0.5, 0.6) is 0 Å². The number of urea groups is 1. The van der Waals surface area contributed by atoms with Crippen LogP contribution in [-0.4, -0.2) is 42.3 Å². The van der Waals surface area contributed by atoms with Gasteiger partial charge in [0.05, 0.1) is 16.6 Å². The summed E-state index contributed by atoms with van der Waals surface area (Å²) in [5.74, 6) is -1.14. The second kappa shape index (κ2) is 7.36. The minimum atomic E-state index is -0.570. The Morgan fingerprint density at radius 2 is 2.07 bits per heavy atom. The van der Waals surface area contributed by atoms with Crippen molar-refractivity contribution < 1.29 is 18.8 Å². The van der Waals surface area contributed by atoms with E-state index in [9.17, 15) is 18.8 Å². The Bertz CT molecular complexity index is 936. The molecule has 0 bridgehead atoms. The van der Waals surface area contributed by atoms with Crippen molar-refractivity contribution in [1.29, 1.82) is 0 Å². The molecule has 3 amide bonds. The van der Waals surface area contributed by atoms with Crippen molar-refractivity contribution in [2.24, 2.45) is 0 Å². The Morgan fingerprint density at radius 1 is 1.33 bits per heavy atom. The first-order valence-electron chi connectivity index (χ1n) is 8.22. The van der Waals surface area contributed by atoms with Crippen LogP contribution >= 0.6 is 11.6 Å². The van der Waals surface area contributed by atoms with Gasteiger partial charge in [-0.15, -0.1) is 0 Å². The summed E-state index contributed by atoms with van der Waals surface area (Å²) in [5, 5.41) is 5.29. The number of fused-ring (bicyclic) bond motifs is 1. The number of amides is 3. The smallest absolute Gasteiger partial charge is 0.322 e. The molecule has 6 nitrogen and oxygen atoms in total. The lowest BCUT2D eigenvalue weighted by atomic mass is 9.87. The second-order valence-electron chi connectivity index (χ2n) is 6.26. The van der Waals surface area contributed by atoms with Gasteiger partial charge in [0.25, 0.3) is 5.91 Å². The lowest BCUT2D eigenvalue weighted by molar-refractivity contribution is -0.118. The highest BCUT2D eigenvalue weighted by molar-refractivity contribution is 6.31. The van der Waals surface area contributed by atoms with E-state index in [1.807, 2.05) is 6.92 Å². The fourth-order valence-corrected chi connectivity index (χ4v) is 3.11. The van der Waals surface area contributed by atoms with E-state index in [-0.39, 0.29) is 29.3 Å². The molecule has 1 aliphatic heterocycles. The van der Waals surface area contributed by atoms with Gasteiger partial charge < -0.3 is 15.5 Å². The molecule has 1 aliphatic carbocycles. The number of ketones is 1. The summed E-state index contributed by atoms with van der Waals surface area (Å²) in [7, 11) is 1.61. The Kier molecular flexibility index (Phi) is 5.14. The van der Waals surface area contributed by atoms with Crippen LogP contribution in [-0.2, 0) is 9.59 Å². The predicted molar refractivity (Wildman–Crippen MR) is 99.9 cm³/mol. The number of carbonyl (C=O) groups excluding carboxylic acids is 3. The van der Waals surface area contributed by atoms with Gasteiger partial charge in [0.2, 0.25) is 0 Å². The predicted octanol–water partition coefficient (Wildman–Crippen LogP) is 2.82. The molecule has 2 aliphatic rings. The van der Waals surface area contributed by atoms with Crippen LogP contribution in [0.3, 0.4) is 0 Å². The number of carbonyl (C=O) groups is 3. The van der Waals surface area contributed by atoms with Crippen molar-refractivity contribution in [3.63, 3.8) is 0 Å². The summed E-state index contributed by atoms with van der Waals surface area (Å²) in [5.41, 5.74) is 2.12. The van der Waals surface area contributed by atoms with Crippen LogP contribution in [0.4, 0.5) is 14.9 Å². The maximum absolute atomic E-state index is 13.3. The second-order valence-corrected chi connectivity index (χ2v) is 6.67. The number of benzene rings is 1. The molecule has 0 aromatic heterocycles. The number of anilines is 1. The van der Waals surface area contributed by atoms with Crippen LogP contribution in [0.15, 0.2) is 53.1 Å². The Morgan fingerprint density at radius 3 is 2.78 bits per heavy atom. The van der Waals surface area contributed by atoms with E-state index in [0.29, 0.717) is 16.8 Å². The molecule has 0 unspecified atom stereocenters. The molecule has 0 saturated heterocycles. The zero-order chi connectivity index (χ0) is 19.7. The molecule has 3 rings (SSSR count). The number of rotatable bonds is 3.